The van der Waals surface area contributed by atoms with Gasteiger partial charge in [-0.3, -0.25) is 4.79 Å². The molecule has 0 atom stereocenters. The van der Waals surface area contributed by atoms with Crippen LogP contribution in [0.25, 0.3) is 0 Å². The molecular formula is C10H17NO3S. The molecule has 2 saturated heterocycles. The second kappa shape index (κ2) is 4.12. The average molecular weight is 231 g/mol. The highest BCUT2D eigenvalue weighted by atomic mass is 32.2. The highest BCUT2D eigenvalue weighted by molar-refractivity contribution is 7.91. The number of hydrogen-bond acceptors (Lipinski definition) is 3. The maximum atomic E-state index is 11.9. The molecule has 0 radical (unpaired) electrons. The van der Waals surface area contributed by atoms with E-state index < -0.39 is 9.84 Å². The van der Waals surface area contributed by atoms with Crippen LogP contribution in [-0.2, 0) is 14.6 Å². The summed E-state index contributed by atoms with van der Waals surface area (Å²) in [5.74, 6) is 0.531. The van der Waals surface area contributed by atoms with Crippen molar-refractivity contribution in [3.63, 3.8) is 0 Å². The number of likely N-dealkylation sites (tertiary alicyclic amines) is 1. The summed E-state index contributed by atoms with van der Waals surface area (Å²) in [6, 6.07) is 0. The van der Waals surface area contributed by atoms with Crippen LogP contribution in [0.2, 0.25) is 0 Å². The quantitative estimate of drug-likeness (QED) is 0.658. The van der Waals surface area contributed by atoms with E-state index in [2.05, 4.69) is 0 Å². The maximum Gasteiger partial charge on any atom is 0.225 e. The summed E-state index contributed by atoms with van der Waals surface area (Å²) in [6.07, 6.45) is 3.24. The van der Waals surface area contributed by atoms with Crippen molar-refractivity contribution < 1.29 is 13.2 Å². The lowest BCUT2D eigenvalue weighted by atomic mass is 10.0. The van der Waals surface area contributed by atoms with Gasteiger partial charge < -0.3 is 4.90 Å². The van der Waals surface area contributed by atoms with Crippen LogP contribution in [0.5, 0.6) is 0 Å². The fraction of sp³-hybridized carbons (Fsp3) is 0.900. The molecule has 0 saturated carbocycles. The van der Waals surface area contributed by atoms with Crippen LogP contribution < -0.4 is 0 Å². The number of rotatable bonds is 1. The first-order chi connectivity index (χ1) is 7.08. The van der Waals surface area contributed by atoms with Crippen molar-refractivity contribution in [3.8, 4) is 0 Å². The van der Waals surface area contributed by atoms with Gasteiger partial charge in [-0.25, -0.2) is 8.42 Å². The van der Waals surface area contributed by atoms with E-state index in [1.807, 2.05) is 4.90 Å². The standard InChI is InChI=1S/C10H17NO3S/c12-10(11-5-1-2-6-11)9-3-7-15(13,14)8-4-9/h9H,1-8H2. The van der Waals surface area contributed by atoms with Crippen molar-refractivity contribution in [2.45, 2.75) is 25.7 Å². The summed E-state index contributed by atoms with van der Waals surface area (Å²) >= 11 is 0. The molecule has 0 aromatic heterocycles. The summed E-state index contributed by atoms with van der Waals surface area (Å²) in [7, 11) is -2.84. The highest BCUT2D eigenvalue weighted by Gasteiger charge is 2.31. The Bertz CT molecular complexity index is 330. The first-order valence-electron chi connectivity index (χ1n) is 5.58. The van der Waals surface area contributed by atoms with Gasteiger partial charge in [-0.05, 0) is 25.7 Å². The lowest BCUT2D eigenvalue weighted by molar-refractivity contribution is -0.134. The minimum Gasteiger partial charge on any atom is -0.342 e. The number of amides is 1. The van der Waals surface area contributed by atoms with Gasteiger partial charge in [-0.1, -0.05) is 0 Å². The van der Waals surface area contributed by atoms with E-state index in [1.165, 1.54) is 0 Å². The first-order valence-corrected chi connectivity index (χ1v) is 7.40. The van der Waals surface area contributed by atoms with E-state index in [9.17, 15) is 13.2 Å². The molecule has 0 aromatic rings. The van der Waals surface area contributed by atoms with Gasteiger partial charge in [0.1, 0.15) is 9.84 Å². The predicted molar refractivity (Wildman–Crippen MR) is 57.2 cm³/mol. The lowest BCUT2D eigenvalue weighted by Gasteiger charge is -2.25. The van der Waals surface area contributed by atoms with Crippen LogP contribution >= 0.6 is 0 Å². The molecule has 4 nitrogen and oxygen atoms in total. The van der Waals surface area contributed by atoms with Gasteiger partial charge >= 0.3 is 0 Å². The molecule has 5 heteroatoms. The molecule has 0 aromatic carbocycles. The van der Waals surface area contributed by atoms with Crippen molar-refractivity contribution in [1.29, 1.82) is 0 Å². The first kappa shape index (κ1) is 10.9. The zero-order valence-corrected chi connectivity index (χ0v) is 9.63. The smallest absolute Gasteiger partial charge is 0.225 e. The average Bonchev–Trinajstić information content (AvgIpc) is 2.69. The molecule has 0 aliphatic carbocycles. The fourth-order valence-corrected chi connectivity index (χ4v) is 3.82. The minimum atomic E-state index is -2.84. The Labute approximate surface area is 90.6 Å². The van der Waals surface area contributed by atoms with Crippen LogP contribution in [0.15, 0.2) is 0 Å². The summed E-state index contributed by atoms with van der Waals surface area (Å²) in [5.41, 5.74) is 0. The lowest BCUT2D eigenvalue weighted by Crippen LogP contribution is -2.38. The maximum absolute atomic E-state index is 11.9. The molecule has 0 unspecified atom stereocenters. The number of carbonyl (C=O) groups is 1. The van der Waals surface area contributed by atoms with Crippen LogP contribution in [0.1, 0.15) is 25.7 Å². The molecule has 0 spiro atoms. The van der Waals surface area contributed by atoms with E-state index in [0.717, 1.165) is 25.9 Å². The second-order valence-electron chi connectivity index (χ2n) is 4.46. The molecule has 2 aliphatic rings. The van der Waals surface area contributed by atoms with E-state index >= 15 is 0 Å². The Balaban J connectivity index is 1.92. The SMILES string of the molecule is O=C(C1CCS(=O)(=O)CC1)N1CCCC1. The van der Waals surface area contributed by atoms with Crippen molar-refractivity contribution >= 4 is 15.7 Å². The topological polar surface area (TPSA) is 54.5 Å². The fourth-order valence-electron chi connectivity index (χ4n) is 2.33. The van der Waals surface area contributed by atoms with E-state index in [0.29, 0.717) is 12.8 Å². The van der Waals surface area contributed by atoms with Gasteiger partial charge in [0.2, 0.25) is 5.91 Å². The monoisotopic (exact) mass is 231 g/mol. The molecule has 2 rings (SSSR count). The van der Waals surface area contributed by atoms with Gasteiger partial charge in [0.25, 0.3) is 0 Å². The number of nitrogens with zero attached hydrogens (tertiary/aromatic N) is 1. The molecule has 15 heavy (non-hydrogen) atoms. The number of carbonyl (C=O) groups excluding carboxylic acids is 1. The molecule has 2 fully saturated rings. The Morgan fingerprint density at radius 1 is 1.07 bits per heavy atom. The summed E-state index contributed by atoms with van der Waals surface area (Å²) in [6.45, 7) is 1.73. The summed E-state index contributed by atoms with van der Waals surface area (Å²) in [4.78, 5) is 13.8. The normalized spacial score (nSPS) is 26.8. The van der Waals surface area contributed by atoms with Crippen LogP contribution in [-0.4, -0.2) is 43.8 Å². The molecule has 0 bridgehead atoms. The largest absolute Gasteiger partial charge is 0.342 e. The van der Waals surface area contributed by atoms with Gasteiger partial charge in [-0.15, -0.1) is 0 Å². The molecule has 2 heterocycles. The molecule has 1 amide bonds. The highest BCUT2D eigenvalue weighted by Crippen LogP contribution is 2.22. The predicted octanol–water partition coefficient (Wildman–Crippen LogP) is 0.434. The summed E-state index contributed by atoms with van der Waals surface area (Å²) in [5, 5.41) is 0. The van der Waals surface area contributed by atoms with E-state index in [1.54, 1.807) is 0 Å². The van der Waals surface area contributed by atoms with Crippen molar-refractivity contribution in [3.05, 3.63) is 0 Å². The Kier molecular flexibility index (Phi) is 3.00. The molecular weight excluding hydrogens is 214 g/mol. The third-order valence-electron chi connectivity index (χ3n) is 3.32. The van der Waals surface area contributed by atoms with E-state index in [-0.39, 0.29) is 23.3 Å². The van der Waals surface area contributed by atoms with Crippen molar-refractivity contribution in [2.75, 3.05) is 24.6 Å². The zero-order chi connectivity index (χ0) is 10.9. The van der Waals surface area contributed by atoms with Crippen LogP contribution in [0.3, 0.4) is 0 Å². The summed E-state index contributed by atoms with van der Waals surface area (Å²) < 4.78 is 22.4. The van der Waals surface area contributed by atoms with Crippen LogP contribution in [0, 0.1) is 5.92 Å². The third-order valence-corrected chi connectivity index (χ3v) is 5.04. The minimum absolute atomic E-state index is 0.0355. The second-order valence-corrected chi connectivity index (χ2v) is 6.76. The molecule has 2 aliphatic heterocycles. The van der Waals surface area contributed by atoms with Crippen molar-refractivity contribution in [1.82, 2.24) is 4.90 Å². The Hall–Kier alpha value is -0.580. The molecule has 86 valence electrons. The van der Waals surface area contributed by atoms with Gasteiger partial charge in [0.05, 0.1) is 11.5 Å². The Morgan fingerprint density at radius 3 is 2.13 bits per heavy atom. The van der Waals surface area contributed by atoms with Crippen LogP contribution in [0.4, 0.5) is 0 Å². The number of sulfone groups is 1. The van der Waals surface area contributed by atoms with E-state index in [4.69, 9.17) is 0 Å². The molecule has 0 N–H and O–H groups in total. The zero-order valence-electron chi connectivity index (χ0n) is 8.81. The van der Waals surface area contributed by atoms with Gasteiger partial charge in [0.15, 0.2) is 0 Å². The number of hydrogen-bond donors (Lipinski definition) is 0. The Morgan fingerprint density at radius 2 is 1.60 bits per heavy atom. The van der Waals surface area contributed by atoms with Crippen molar-refractivity contribution in [2.24, 2.45) is 5.92 Å². The van der Waals surface area contributed by atoms with Gasteiger partial charge in [-0.2, -0.15) is 0 Å². The van der Waals surface area contributed by atoms with Gasteiger partial charge in [0, 0.05) is 19.0 Å². The third kappa shape index (κ3) is 2.51.